The van der Waals surface area contributed by atoms with E-state index in [9.17, 15) is 0 Å². The lowest BCUT2D eigenvalue weighted by atomic mass is 9.69. The van der Waals surface area contributed by atoms with Crippen LogP contribution in [-0.4, -0.2) is 34.3 Å². The average molecular weight is 330 g/mol. The molecule has 1 nitrogen and oxygen atoms in total. The standard InChI is InChI=1S/C21H34N.Al.2H/c1-9-10-11-12-17-13-14(2)15(3)20-18(17)19(21(5,6)7)16(4)22(20)8;;;/h18,20H,9-12H2,1-8H3;;;. The van der Waals surface area contributed by atoms with Gasteiger partial charge in [0.15, 0.2) is 0 Å². The van der Waals surface area contributed by atoms with Crippen molar-refractivity contribution in [3.05, 3.63) is 32.4 Å². The normalized spacial score (nSPS) is 25.7. The largest absolute Gasteiger partial charge is 0.370 e. The summed E-state index contributed by atoms with van der Waals surface area (Å²) in [4.78, 5) is 2.57. The van der Waals surface area contributed by atoms with E-state index in [-0.39, 0.29) is 5.41 Å². The third kappa shape index (κ3) is 3.22. The van der Waals surface area contributed by atoms with Crippen molar-refractivity contribution in [3.63, 3.8) is 0 Å². The minimum Gasteiger partial charge on any atom is -0.370 e. The molecule has 128 valence electrons. The molecule has 1 aliphatic carbocycles. The molecule has 0 aromatic carbocycles. The Hall–Kier alpha value is -0.448. The Morgan fingerprint density at radius 1 is 1.09 bits per heavy atom. The fourth-order valence-corrected chi connectivity index (χ4v) is 5.78. The van der Waals surface area contributed by atoms with Crippen molar-refractivity contribution >= 4 is 16.3 Å². The first-order chi connectivity index (χ1) is 10.6. The second kappa shape index (κ2) is 6.81. The van der Waals surface area contributed by atoms with E-state index < -0.39 is 0 Å². The van der Waals surface area contributed by atoms with Gasteiger partial charge in [-0.3, -0.25) is 0 Å². The molecule has 0 spiro atoms. The van der Waals surface area contributed by atoms with Gasteiger partial charge in [-0.1, -0.05) is 51.7 Å². The predicted octanol–water partition coefficient (Wildman–Crippen LogP) is 5.05. The van der Waals surface area contributed by atoms with Crippen molar-refractivity contribution in [2.45, 2.75) is 80.2 Å². The molecular weight excluding hydrogens is 293 g/mol. The van der Waals surface area contributed by atoms with Crippen LogP contribution in [0.25, 0.3) is 0 Å². The highest BCUT2D eigenvalue weighted by Crippen LogP contribution is 2.52. The highest BCUT2D eigenvalue weighted by molar-refractivity contribution is 6.25. The van der Waals surface area contributed by atoms with Gasteiger partial charge in [0.2, 0.25) is 0 Å². The van der Waals surface area contributed by atoms with Crippen molar-refractivity contribution in [1.29, 1.82) is 0 Å². The summed E-state index contributed by atoms with van der Waals surface area (Å²) >= 11 is 1.18. The number of likely N-dealkylation sites (N-methyl/N-ethyl adjacent to an activating group) is 1. The summed E-state index contributed by atoms with van der Waals surface area (Å²) in [5, 5.41) is 0. The van der Waals surface area contributed by atoms with E-state index in [1.165, 1.54) is 47.7 Å². The molecular formula is C21H36AlN. The predicted molar refractivity (Wildman–Crippen MR) is 105 cm³/mol. The smallest absolute Gasteiger partial charge is 0.259 e. The van der Waals surface area contributed by atoms with Gasteiger partial charge < -0.3 is 4.90 Å². The van der Waals surface area contributed by atoms with Crippen LogP contribution in [0, 0.1) is 11.3 Å². The summed E-state index contributed by atoms with van der Waals surface area (Å²) in [6, 6.07) is 0.568. The summed E-state index contributed by atoms with van der Waals surface area (Å²) in [5.74, 6) is 0.632. The average Bonchev–Trinajstić information content (AvgIpc) is 2.72. The van der Waals surface area contributed by atoms with Crippen LogP contribution in [0.3, 0.4) is 0 Å². The lowest BCUT2D eigenvalue weighted by Gasteiger charge is -2.39. The molecule has 2 heteroatoms. The van der Waals surface area contributed by atoms with Gasteiger partial charge >= 0.3 is 0 Å². The highest BCUT2D eigenvalue weighted by Gasteiger charge is 2.46. The van der Waals surface area contributed by atoms with Gasteiger partial charge in [-0.05, 0) is 50.2 Å². The maximum absolute atomic E-state index is 2.57. The summed E-state index contributed by atoms with van der Waals surface area (Å²) in [7, 11) is 2.31. The van der Waals surface area contributed by atoms with Crippen LogP contribution in [0.4, 0.5) is 0 Å². The summed E-state index contributed by atoms with van der Waals surface area (Å²) in [6.07, 6.45) is 5.33. The van der Waals surface area contributed by atoms with Gasteiger partial charge in [0.05, 0.1) is 6.04 Å². The minimum absolute atomic E-state index is 0.251. The Morgan fingerprint density at radius 2 is 1.70 bits per heavy atom. The van der Waals surface area contributed by atoms with Crippen molar-refractivity contribution in [2.75, 3.05) is 7.05 Å². The van der Waals surface area contributed by atoms with E-state index in [1.807, 2.05) is 0 Å². The molecule has 0 aromatic rings. The molecule has 0 N–H and O–H groups in total. The first kappa shape index (κ1) is 18.9. The summed E-state index contributed by atoms with van der Waals surface area (Å²) in [6.45, 7) is 16.6. The molecule has 0 radical (unpaired) electrons. The monoisotopic (exact) mass is 329 g/mol. The Morgan fingerprint density at radius 3 is 2.22 bits per heavy atom. The van der Waals surface area contributed by atoms with Gasteiger partial charge in [0.25, 0.3) is 16.3 Å². The molecule has 0 aromatic heterocycles. The molecule has 0 fully saturated rings. The Kier molecular flexibility index (Phi) is 5.59. The van der Waals surface area contributed by atoms with E-state index in [0.29, 0.717) is 12.0 Å². The molecule has 0 saturated carbocycles. The molecule has 1 heterocycles. The van der Waals surface area contributed by atoms with E-state index in [4.69, 9.17) is 0 Å². The van der Waals surface area contributed by atoms with E-state index >= 15 is 0 Å². The number of nitrogens with zero attached hydrogens (tertiary/aromatic N) is 1. The molecule has 0 amide bonds. The zero-order chi connectivity index (χ0) is 17.5. The zero-order valence-corrected chi connectivity index (χ0v) is 18.9. The number of allylic oxidation sites excluding steroid dienone is 3. The summed E-state index contributed by atoms with van der Waals surface area (Å²) < 4.78 is 1.71. The van der Waals surface area contributed by atoms with Crippen molar-refractivity contribution in [3.8, 4) is 0 Å². The topological polar surface area (TPSA) is 3.24 Å². The van der Waals surface area contributed by atoms with Crippen molar-refractivity contribution in [2.24, 2.45) is 11.3 Å². The second-order valence-electron chi connectivity index (χ2n) is 8.70. The summed E-state index contributed by atoms with van der Waals surface area (Å²) in [5.41, 5.74) is 8.45. The molecule has 1 aliphatic heterocycles. The lowest BCUT2D eigenvalue weighted by Crippen LogP contribution is -2.37. The first-order valence-corrected chi connectivity index (χ1v) is 10.4. The quantitative estimate of drug-likeness (QED) is 0.515. The van der Waals surface area contributed by atoms with Gasteiger partial charge in [-0.15, -0.1) is 4.44 Å². The molecule has 2 unspecified atom stereocenters. The van der Waals surface area contributed by atoms with E-state index in [2.05, 4.69) is 60.4 Å². The maximum atomic E-state index is 2.57. The number of unbranched alkanes of at least 4 members (excludes halogenated alkanes) is 2. The van der Waals surface area contributed by atoms with Crippen LogP contribution >= 0.6 is 0 Å². The molecule has 23 heavy (non-hydrogen) atoms. The highest BCUT2D eigenvalue weighted by atomic mass is 27.0. The Balaban J connectivity index is 2.54. The van der Waals surface area contributed by atoms with Gasteiger partial charge in [-0.25, -0.2) is 0 Å². The molecule has 2 rings (SSSR count). The SMILES string of the molecule is CCCCCC1=[C]([AlH2])C(C)=C(C)C2C1C(C(C)(C)C)=C(C)N2C. The first-order valence-electron chi connectivity index (χ1n) is 9.44. The molecule has 2 aliphatic rings. The van der Waals surface area contributed by atoms with Crippen molar-refractivity contribution < 1.29 is 0 Å². The Bertz CT molecular complexity index is 571. The number of hydrogen-bond acceptors (Lipinski definition) is 1. The van der Waals surface area contributed by atoms with Gasteiger partial charge in [-0.2, -0.15) is 0 Å². The van der Waals surface area contributed by atoms with E-state index in [1.54, 1.807) is 26.7 Å². The van der Waals surface area contributed by atoms with E-state index in [0.717, 1.165) is 0 Å². The van der Waals surface area contributed by atoms with Crippen LogP contribution in [0.15, 0.2) is 32.4 Å². The van der Waals surface area contributed by atoms with Crippen LogP contribution in [0.5, 0.6) is 0 Å². The third-order valence-corrected chi connectivity index (χ3v) is 7.67. The molecule has 0 saturated heterocycles. The zero-order valence-electron chi connectivity index (χ0n) is 16.9. The van der Waals surface area contributed by atoms with Gasteiger partial charge in [0, 0.05) is 18.7 Å². The Labute approximate surface area is 152 Å². The fraction of sp³-hybridized carbons (Fsp3) is 0.714. The third-order valence-electron chi connectivity index (χ3n) is 6.28. The number of rotatable bonds is 4. The number of fused-ring (bicyclic) bond motifs is 1. The fourth-order valence-electron chi connectivity index (χ4n) is 4.82. The minimum atomic E-state index is 0.251. The van der Waals surface area contributed by atoms with Gasteiger partial charge in [0.1, 0.15) is 0 Å². The van der Waals surface area contributed by atoms with Crippen LogP contribution < -0.4 is 0 Å². The van der Waals surface area contributed by atoms with Crippen LogP contribution in [0.1, 0.15) is 74.1 Å². The van der Waals surface area contributed by atoms with Crippen LogP contribution in [-0.2, 0) is 0 Å². The molecule has 0 bridgehead atoms. The van der Waals surface area contributed by atoms with Crippen LogP contribution in [0.2, 0.25) is 0 Å². The maximum Gasteiger partial charge on any atom is 0.259 e. The lowest BCUT2D eigenvalue weighted by molar-refractivity contribution is 0.320. The van der Waals surface area contributed by atoms with Crippen molar-refractivity contribution in [1.82, 2.24) is 4.90 Å². The second-order valence-corrected chi connectivity index (χ2v) is 9.70. The molecule has 2 atom stereocenters. The number of hydrogen-bond donors (Lipinski definition) is 0.